The van der Waals surface area contributed by atoms with Gasteiger partial charge in [-0.05, 0) is 17.7 Å². The standard InChI is InChI=1S/C16H19ClN2O5/c1-10(20)18-13(11-2-4-12(17)5-3-11)8-15(21)19-6-7-24-14(9-19)16(22)23/h2-5,13-14H,6-9H2,1H3,(H,18,20)(H,22,23)/t13-,14+/m1/s1. The number of nitrogens with one attached hydrogen (secondary N) is 1. The van der Waals surface area contributed by atoms with Gasteiger partial charge in [-0.2, -0.15) is 0 Å². The Morgan fingerprint density at radius 2 is 2.04 bits per heavy atom. The van der Waals surface area contributed by atoms with Crippen molar-refractivity contribution in [2.75, 3.05) is 19.7 Å². The molecule has 7 nitrogen and oxygen atoms in total. The largest absolute Gasteiger partial charge is 0.479 e. The van der Waals surface area contributed by atoms with Crippen LogP contribution in [0.3, 0.4) is 0 Å². The maximum atomic E-state index is 12.5. The van der Waals surface area contributed by atoms with E-state index in [9.17, 15) is 14.4 Å². The van der Waals surface area contributed by atoms with Crippen LogP contribution in [0.2, 0.25) is 5.02 Å². The zero-order valence-corrected chi connectivity index (χ0v) is 14.0. The quantitative estimate of drug-likeness (QED) is 0.828. The SMILES string of the molecule is CC(=O)N[C@H](CC(=O)N1CCO[C@H](C(=O)O)C1)c1ccc(Cl)cc1. The topological polar surface area (TPSA) is 95.9 Å². The zero-order chi connectivity index (χ0) is 17.7. The minimum atomic E-state index is -1.09. The summed E-state index contributed by atoms with van der Waals surface area (Å²) < 4.78 is 5.11. The summed E-state index contributed by atoms with van der Waals surface area (Å²) in [5.74, 6) is -1.59. The highest BCUT2D eigenvalue weighted by Crippen LogP contribution is 2.21. The number of amides is 2. The predicted molar refractivity (Wildman–Crippen MR) is 86.6 cm³/mol. The van der Waals surface area contributed by atoms with E-state index in [1.165, 1.54) is 11.8 Å². The lowest BCUT2D eigenvalue weighted by molar-refractivity contribution is -0.159. The fourth-order valence-electron chi connectivity index (χ4n) is 2.52. The zero-order valence-electron chi connectivity index (χ0n) is 13.2. The summed E-state index contributed by atoms with van der Waals surface area (Å²) in [6, 6.07) is 6.36. The number of hydrogen-bond acceptors (Lipinski definition) is 4. The molecule has 2 amide bonds. The number of carbonyl (C=O) groups excluding carboxylic acids is 2. The number of carbonyl (C=O) groups is 3. The molecule has 1 aliphatic rings. The van der Waals surface area contributed by atoms with Crippen molar-refractivity contribution < 1.29 is 24.2 Å². The molecule has 0 radical (unpaired) electrons. The van der Waals surface area contributed by atoms with Crippen molar-refractivity contribution in [2.45, 2.75) is 25.5 Å². The molecule has 1 aromatic rings. The van der Waals surface area contributed by atoms with Gasteiger partial charge in [-0.1, -0.05) is 23.7 Å². The van der Waals surface area contributed by atoms with Crippen LogP contribution >= 0.6 is 11.6 Å². The van der Waals surface area contributed by atoms with Gasteiger partial charge < -0.3 is 20.1 Å². The first-order valence-electron chi connectivity index (χ1n) is 7.51. The minimum absolute atomic E-state index is 0.00156. The number of carboxylic acid groups (broad SMARTS) is 1. The fourth-order valence-corrected chi connectivity index (χ4v) is 2.65. The Bertz CT molecular complexity index is 619. The maximum absolute atomic E-state index is 12.5. The lowest BCUT2D eigenvalue weighted by Gasteiger charge is -2.32. The van der Waals surface area contributed by atoms with Crippen molar-refractivity contribution in [1.29, 1.82) is 0 Å². The highest BCUT2D eigenvalue weighted by Gasteiger charge is 2.30. The number of aliphatic carboxylic acids is 1. The summed E-state index contributed by atoms with van der Waals surface area (Å²) in [7, 11) is 0. The predicted octanol–water partition coefficient (Wildman–Crippen LogP) is 1.22. The molecule has 2 N–H and O–H groups in total. The molecule has 1 aromatic carbocycles. The minimum Gasteiger partial charge on any atom is -0.479 e. The van der Waals surface area contributed by atoms with E-state index < -0.39 is 18.1 Å². The van der Waals surface area contributed by atoms with Crippen LogP contribution in [0, 0.1) is 0 Å². The van der Waals surface area contributed by atoms with E-state index in [0.717, 1.165) is 5.56 Å². The Morgan fingerprint density at radius 1 is 1.38 bits per heavy atom. The molecule has 1 aliphatic heterocycles. The molecule has 0 saturated carbocycles. The highest BCUT2D eigenvalue weighted by molar-refractivity contribution is 6.30. The van der Waals surface area contributed by atoms with Gasteiger partial charge in [0.1, 0.15) is 0 Å². The molecular weight excluding hydrogens is 336 g/mol. The van der Waals surface area contributed by atoms with Gasteiger partial charge in [0.2, 0.25) is 11.8 Å². The molecule has 8 heteroatoms. The number of ether oxygens (including phenoxy) is 1. The third kappa shape index (κ3) is 4.94. The summed E-state index contributed by atoms with van der Waals surface area (Å²) in [4.78, 5) is 36.4. The van der Waals surface area contributed by atoms with Crippen LogP contribution in [-0.2, 0) is 19.1 Å². The van der Waals surface area contributed by atoms with Gasteiger partial charge in [0.25, 0.3) is 0 Å². The van der Waals surface area contributed by atoms with Crippen molar-refractivity contribution in [3.63, 3.8) is 0 Å². The number of rotatable bonds is 5. The lowest BCUT2D eigenvalue weighted by atomic mass is 10.0. The number of carboxylic acids is 1. The molecule has 0 aromatic heterocycles. The van der Waals surface area contributed by atoms with Crippen molar-refractivity contribution in [1.82, 2.24) is 10.2 Å². The molecule has 1 fully saturated rings. The first-order chi connectivity index (χ1) is 11.4. The van der Waals surface area contributed by atoms with Gasteiger partial charge in [0.15, 0.2) is 6.10 Å². The Hall–Kier alpha value is -2.12. The second kappa shape index (κ2) is 8.12. The fraction of sp³-hybridized carbons (Fsp3) is 0.438. The Morgan fingerprint density at radius 3 is 2.62 bits per heavy atom. The Labute approximate surface area is 144 Å². The third-order valence-corrected chi connectivity index (χ3v) is 3.98. The van der Waals surface area contributed by atoms with Crippen molar-refractivity contribution in [3.05, 3.63) is 34.9 Å². The van der Waals surface area contributed by atoms with Crippen LogP contribution in [0.4, 0.5) is 0 Å². The Kier molecular flexibility index (Phi) is 6.16. The van der Waals surface area contributed by atoms with Gasteiger partial charge in [-0.25, -0.2) is 4.79 Å². The van der Waals surface area contributed by atoms with E-state index >= 15 is 0 Å². The van der Waals surface area contributed by atoms with Crippen LogP contribution in [0.25, 0.3) is 0 Å². The van der Waals surface area contributed by atoms with Gasteiger partial charge in [0.05, 0.1) is 25.6 Å². The number of benzene rings is 1. The molecular formula is C16H19ClN2O5. The van der Waals surface area contributed by atoms with Crippen molar-refractivity contribution in [3.8, 4) is 0 Å². The first-order valence-corrected chi connectivity index (χ1v) is 7.89. The number of nitrogens with zero attached hydrogens (tertiary/aromatic N) is 1. The lowest BCUT2D eigenvalue weighted by Crippen LogP contribution is -2.49. The van der Waals surface area contributed by atoms with Crippen LogP contribution in [-0.4, -0.2) is 53.6 Å². The van der Waals surface area contributed by atoms with E-state index in [4.69, 9.17) is 21.4 Å². The van der Waals surface area contributed by atoms with Gasteiger partial charge in [0, 0.05) is 18.5 Å². The van der Waals surface area contributed by atoms with Crippen LogP contribution in [0.1, 0.15) is 24.9 Å². The summed E-state index contributed by atoms with van der Waals surface area (Å²) in [6.07, 6.45) is -0.981. The molecule has 0 spiro atoms. The van der Waals surface area contributed by atoms with E-state index in [0.29, 0.717) is 11.6 Å². The van der Waals surface area contributed by atoms with Gasteiger partial charge >= 0.3 is 5.97 Å². The van der Waals surface area contributed by atoms with Crippen molar-refractivity contribution in [2.24, 2.45) is 0 Å². The van der Waals surface area contributed by atoms with Crippen LogP contribution in [0.5, 0.6) is 0 Å². The van der Waals surface area contributed by atoms with Crippen LogP contribution in [0.15, 0.2) is 24.3 Å². The van der Waals surface area contributed by atoms with E-state index in [1.54, 1.807) is 24.3 Å². The van der Waals surface area contributed by atoms with E-state index in [-0.39, 0.29) is 31.4 Å². The first kappa shape index (κ1) is 18.2. The van der Waals surface area contributed by atoms with Gasteiger partial charge in [-0.3, -0.25) is 9.59 Å². The third-order valence-electron chi connectivity index (χ3n) is 3.72. The van der Waals surface area contributed by atoms with Gasteiger partial charge in [-0.15, -0.1) is 0 Å². The second-order valence-corrected chi connectivity index (χ2v) is 5.98. The average molecular weight is 355 g/mol. The number of hydrogen-bond donors (Lipinski definition) is 2. The smallest absolute Gasteiger partial charge is 0.334 e. The highest BCUT2D eigenvalue weighted by atomic mass is 35.5. The monoisotopic (exact) mass is 354 g/mol. The molecule has 24 heavy (non-hydrogen) atoms. The molecule has 0 aliphatic carbocycles. The molecule has 1 saturated heterocycles. The van der Waals surface area contributed by atoms with Crippen LogP contribution < -0.4 is 5.32 Å². The number of morpholine rings is 1. The van der Waals surface area contributed by atoms with Crippen molar-refractivity contribution >= 4 is 29.4 Å². The van der Waals surface area contributed by atoms with E-state index in [1.807, 2.05) is 0 Å². The molecule has 0 bridgehead atoms. The second-order valence-electron chi connectivity index (χ2n) is 5.55. The summed E-state index contributed by atoms with van der Waals surface area (Å²) in [5, 5.41) is 12.3. The normalized spacial score (nSPS) is 18.8. The summed E-state index contributed by atoms with van der Waals surface area (Å²) in [5.41, 5.74) is 0.756. The Balaban J connectivity index is 2.08. The maximum Gasteiger partial charge on any atom is 0.334 e. The average Bonchev–Trinajstić information content (AvgIpc) is 2.54. The molecule has 0 unspecified atom stereocenters. The number of halogens is 1. The summed E-state index contributed by atoms with van der Waals surface area (Å²) in [6.45, 7) is 1.88. The molecule has 2 rings (SSSR count). The molecule has 2 atom stereocenters. The van der Waals surface area contributed by atoms with E-state index in [2.05, 4.69) is 5.32 Å². The molecule has 1 heterocycles. The summed E-state index contributed by atoms with van der Waals surface area (Å²) >= 11 is 5.86. The molecule has 130 valence electrons.